The molecule has 0 bridgehead atoms. The number of aromatic hydroxyl groups is 1. The number of rotatable bonds is 6. The van der Waals surface area contributed by atoms with Crippen LogP contribution in [0, 0.1) is 0 Å². The molecule has 5 rings (SSSR count). The van der Waals surface area contributed by atoms with Crippen LogP contribution in [-0.4, -0.2) is 46.9 Å². The van der Waals surface area contributed by atoms with Crippen LogP contribution in [0.2, 0.25) is 0 Å². The van der Waals surface area contributed by atoms with Crippen LogP contribution in [0.4, 0.5) is 5.69 Å². The standard InChI is InChI=1S/C26H25N3O3S/c1-32-26(31)18-7-8-22-21(14-18)23(25(30)28-22)24(19-9-12-33-16-19)27-20-6-4-5-17(13-20)15-29-10-2-3-11-29/h4-9,12-14,16,28,30H,2-3,10-11,15H2,1H3. The molecule has 1 aliphatic heterocycles. The summed E-state index contributed by atoms with van der Waals surface area (Å²) in [6.45, 7) is 3.19. The summed E-state index contributed by atoms with van der Waals surface area (Å²) in [5, 5.41) is 15.6. The number of hydrogen-bond acceptors (Lipinski definition) is 6. The van der Waals surface area contributed by atoms with Crippen LogP contribution in [0.3, 0.4) is 0 Å². The van der Waals surface area contributed by atoms with Crippen molar-refractivity contribution in [3.8, 4) is 5.88 Å². The molecular weight excluding hydrogens is 434 g/mol. The van der Waals surface area contributed by atoms with Crippen LogP contribution in [0.25, 0.3) is 10.9 Å². The first-order chi connectivity index (χ1) is 16.1. The molecule has 2 aromatic heterocycles. The number of benzene rings is 2. The number of carbonyl (C=O) groups excluding carboxylic acids is 1. The van der Waals surface area contributed by atoms with Crippen LogP contribution in [0.1, 0.15) is 39.9 Å². The molecule has 0 unspecified atom stereocenters. The lowest BCUT2D eigenvalue weighted by Gasteiger charge is -2.14. The number of nitrogens with zero attached hydrogens (tertiary/aromatic N) is 2. The minimum atomic E-state index is -0.424. The maximum Gasteiger partial charge on any atom is 0.337 e. The van der Waals surface area contributed by atoms with Gasteiger partial charge in [-0.1, -0.05) is 12.1 Å². The summed E-state index contributed by atoms with van der Waals surface area (Å²) < 4.78 is 4.88. The summed E-state index contributed by atoms with van der Waals surface area (Å²) in [5.74, 6) is -0.405. The summed E-state index contributed by atoms with van der Waals surface area (Å²) in [6, 6.07) is 15.4. The van der Waals surface area contributed by atoms with Gasteiger partial charge in [0.2, 0.25) is 0 Å². The highest BCUT2D eigenvalue weighted by molar-refractivity contribution is 7.08. The highest BCUT2D eigenvalue weighted by Gasteiger charge is 2.21. The molecule has 0 amide bonds. The Kier molecular flexibility index (Phi) is 5.98. The third-order valence-corrected chi connectivity index (χ3v) is 6.67. The van der Waals surface area contributed by atoms with E-state index in [1.165, 1.54) is 25.5 Å². The number of esters is 1. The Morgan fingerprint density at radius 3 is 2.76 bits per heavy atom. The number of carbonyl (C=O) groups is 1. The zero-order chi connectivity index (χ0) is 22.8. The van der Waals surface area contributed by atoms with E-state index < -0.39 is 5.97 Å². The lowest BCUT2D eigenvalue weighted by molar-refractivity contribution is 0.0601. The number of aliphatic imine (C=N–C) groups is 1. The molecular formula is C26H25N3O3S. The SMILES string of the molecule is COC(=O)c1ccc2[nH]c(O)c(C(=Nc3cccc(CN4CCCC4)c3)c3ccsc3)c2c1. The Balaban J connectivity index is 1.61. The molecule has 3 heterocycles. The summed E-state index contributed by atoms with van der Waals surface area (Å²) in [4.78, 5) is 22.6. The zero-order valence-corrected chi connectivity index (χ0v) is 19.2. The number of aromatic nitrogens is 1. The predicted molar refractivity (Wildman–Crippen MR) is 132 cm³/mol. The number of hydrogen-bond donors (Lipinski definition) is 2. The number of aromatic amines is 1. The second-order valence-corrected chi connectivity index (χ2v) is 9.01. The van der Waals surface area contributed by atoms with Crippen molar-refractivity contribution in [2.75, 3.05) is 20.2 Å². The maximum absolute atomic E-state index is 12.1. The fraction of sp³-hybridized carbons (Fsp3) is 0.231. The molecule has 0 saturated carbocycles. The zero-order valence-electron chi connectivity index (χ0n) is 18.4. The lowest BCUT2D eigenvalue weighted by atomic mass is 10.0. The van der Waals surface area contributed by atoms with Crippen molar-refractivity contribution in [2.45, 2.75) is 19.4 Å². The van der Waals surface area contributed by atoms with Gasteiger partial charge in [0.25, 0.3) is 0 Å². The topological polar surface area (TPSA) is 77.9 Å². The van der Waals surface area contributed by atoms with E-state index in [1.54, 1.807) is 29.5 Å². The van der Waals surface area contributed by atoms with Crippen LogP contribution in [0.15, 0.2) is 64.3 Å². The third-order valence-electron chi connectivity index (χ3n) is 5.99. The average molecular weight is 460 g/mol. The Labute approximate surface area is 196 Å². The van der Waals surface area contributed by atoms with E-state index in [1.807, 2.05) is 29.0 Å². The second kappa shape index (κ2) is 9.21. The van der Waals surface area contributed by atoms with Gasteiger partial charge in [0.15, 0.2) is 5.88 Å². The molecule has 0 radical (unpaired) electrons. The monoisotopic (exact) mass is 459 g/mol. The van der Waals surface area contributed by atoms with Gasteiger partial charge in [-0.15, -0.1) is 0 Å². The number of ether oxygens (including phenoxy) is 1. The van der Waals surface area contributed by atoms with Crippen molar-refractivity contribution in [2.24, 2.45) is 4.99 Å². The Morgan fingerprint density at radius 2 is 2.00 bits per heavy atom. The lowest BCUT2D eigenvalue weighted by Crippen LogP contribution is -2.18. The first kappa shape index (κ1) is 21.4. The molecule has 0 aliphatic carbocycles. The van der Waals surface area contributed by atoms with Crippen molar-refractivity contribution >= 4 is 39.6 Å². The summed E-state index contributed by atoms with van der Waals surface area (Å²) in [6.07, 6.45) is 2.51. The Morgan fingerprint density at radius 1 is 1.15 bits per heavy atom. The highest BCUT2D eigenvalue weighted by Crippen LogP contribution is 2.33. The second-order valence-electron chi connectivity index (χ2n) is 8.23. The van der Waals surface area contributed by atoms with Crippen molar-refractivity contribution in [1.82, 2.24) is 9.88 Å². The molecule has 2 N–H and O–H groups in total. The number of fused-ring (bicyclic) bond motifs is 1. The van der Waals surface area contributed by atoms with Gasteiger partial charge in [0.1, 0.15) is 0 Å². The van der Waals surface area contributed by atoms with Crippen LogP contribution in [-0.2, 0) is 11.3 Å². The third kappa shape index (κ3) is 4.42. The molecule has 4 aromatic rings. The van der Waals surface area contributed by atoms with Gasteiger partial charge in [0, 0.05) is 28.4 Å². The van der Waals surface area contributed by atoms with Crippen molar-refractivity contribution in [3.63, 3.8) is 0 Å². The number of nitrogens with one attached hydrogen (secondary N) is 1. The molecule has 1 aliphatic rings. The van der Waals surface area contributed by atoms with Gasteiger partial charge in [-0.2, -0.15) is 11.3 Å². The molecule has 33 heavy (non-hydrogen) atoms. The minimum Gasteiger partial charge on any atom is -0.494 e. The fourth-order valence-electron chi connectivity index (χ4n) is 4.38. The van der Waals surface area contributed by atoms with Crippen LogP contribution >= 0.6 is 11.3 Å². The van der Waals surface area contributed by atoms with E-state index in [0.717, 1.165) is 36.4 Å². The molecule has 2 aromatic carbocycles. The van der Waals surface area contributed by atoms with Crippen LogP contribution in [0.5, 0.6) is 5.88 Å². The van der Waals surface area contributed by atoms with Crippen molar-refractivity contribution < 1.29 is 14.6 Å². The van der Waals surface area contributed by atoms with E-state index in [2.05, 4.69) is 22.0 Å². The fourth-order valence-corrected chi connectivity index (χ4v) is 5.02. The predicted octanol–water partition coefficient (Wildman–Crippen LogP) is 5.49. The van der Waals surface area contributed by atoms with E-state index >= 15 is 0 Å². The molecule has 6 nitrogen and oxygen atoms in total. The summed E-state index contributed by atoms with van der Waals surface area (Å²) in [7, 11) is 1.36. The first-order valence-electron chi connectivity index (χ1n) is 11.0. The molecule has 1 saturated heterocycles. The minimum absolute atomic E-state index is 0.0187. The largest absolute Gasteiger partial charge is 0.494 e. The quantitative estimate of drug-likeness (QED) is 0.295. The Hall–Kier alpha value is -3.42. The number of methoxy groups -OCH3 is 1. The van der Waals surface area contributed by atoms with Gasteiger partial charge in [-0.05, 0) is 73.3 Å². The summed E-state index contributed by atoms with van der Waals surface area (Å²) in [5.41, 5.74) is 5.32. The normalized spacial score (nSPS) is 14.8. The number of thiophene rings is 1. The average Bonchev–Trinajstić information content (AvgIpc) is 3.58. The van der Waals surface area contributed by atoms with Gasteiger partial charge in [-0.25, -0.2) is 9.79 Å². The van der Waals surface area contributed by atoms with Crippen molar-refractivity contribution in [1.29, 1.82) is 0 Å². The molecule has 1 fully saturated rings. The summed E-state index contributed by atoms with van der Waals surface area (Å²) >= 11 is 1.57. The van der Waals surface area contributed by atoms with Gasteiger partial charge in [-0.3, -0.25) is 4.90 Å². The van der Waals surface area contributed by atoms with Gasteiger partial charge >= 0.3 is 5.97 Å². The number of likely N-dealkylation sites (tertiary alicyclic amines) is 1. The molecule has 0 spiro atoms. The smallest absolute Gasteiger partial charge is 0.337 e. The van der Waals surface area contributed by atoms with E-state index in [-0.39, 0.29) is 5.88 Å². The van der Waals surface area contributed by atoms with Gasteiger partial charge in [0.05, 0.1) is 29.6 Å². The van der Waals surface area contributed by atoms with Crippen molar-refractivity contribution in [3.05, 3.63) is 81.5 Å². The molecule has 7 heteroatoms. The first-order valence-corrected chi connectivity index (χ1v) is 11.9. The molecule has 168 valence electrons. The maximum atomic E-state index is 12.1. The van der Waals surface area contributed by atoms with E-state index in [0.29, 0.717) is 22.2 Å². The Bertz CT molecular complexity index is 1320. The molecule has 0 atom stereocenters. The van der Waals surface area contributed by atoms with E-state index in [9.17, 15) is 9.90 Å². The number of H-pyrrole nitrogens is 1. The highest BCUT2D eigenvalue weighted by atomic mass is 32.1. The van der Waals surface area contributed by atoms with Gasteiger partial charge < -0.3 is 14.8 Å². The van der Waals surface area contributed by atoms with E-state index in [4.69, 9.17) is 9.73 Å². The van der Waals surface area contributed by atoms with Crippen LogP contribution < -0.4 is 0 Å².